The van der Waals surface area contributed by atoms with Gasteiger partial charge in [-0.25, -0.2) is 0 Å². The Morgan fingerprint density at radius 3 is 1.37 bits per heavy atom. The van der Waals surface area contributed by atoms with Crippen LogP contribution in [0.5, 0.6) is 0 Å². The van der Waals surface area contributed by atoms with E-state index in [2.05, 4.69) is 21.3 Å². The molecular weight excluding hydrogens is 578 g/mol. The minimum absolute atomic E-state index is 0.0386. The number of hydrogen-bond acceptors (Lipinski definition) is 4. The zero-order chi connectivity index (χ0) is 31.2. The second-order valence-corrected chi connectivity index (χ2v) is 9.13. The van der Waals surface area contributed by atoms with Gasteiger partial charge in [-0.05, 0) is 72.8 Å². The fourth-order valence-electron chi connectivity index (χ4n) is 3.85. The number of alkyl halides is 6. The predicted octanol–water partition coefficient (Wildman–Crippen LogP) is 7.28. The van der Waals surface area contributed by atoms with Crippen LogP contribution in [-0.2, 0) is 17.1 Å². The van der Waals surface area contributed by atoms with Gasteiger partial charge >= 0.3 is 12.4 Å². The third-order valence-electron chi connectivity index (χ3n) is 5.88. The number of hydrogen-bond donors (Lipinski definition) is 4. The molecule has 4 N–H and O–H groups in total. The van der Waals surface area contributed by atoms with Gasteiger partial charge in [0, 0.05) is 33.9 Å². The van der Waals surface area contributed by atoms with Gasteiger partial charge in [-0.1, -0.05) is 24.3 Å². The summed E-state index contributed by atoms with van der Waals surface area (Å²) >= 11 is 0. The number of anilines is 4. The largest absolute Gasteiger partial charge is 0.416 e. The Morgan fingerprint density at radius 1 is 0.512 bits per heavy atom. The summed E-state index contributed by atoms with van der Waals surface area (Å²) in [6.45, 7) is -0.251. The van der Waals surface area contributed by atoms with Crippen LogP contribution in [0.15, 0.2) is 97.1 Å². The molecule has 222 valence electrons. The highest BCUT2D eigenvalue weighted by Crippen LogP contribution is 2.32. The summed E-state index contributed by atoms with van der Waals surface area (Å²) in [6.07, 6.45) is -9.13. The van der Waals surface area contributed by atoms with Gasteiger partial charge in [-0.3, -0.25) is 14.4 Å². The van der Waals surface area contributed by atoms with Crippen LogP contribution in [0.2, 0.25) is 0 Å². The normalized spacial score (nSPS) is 11.4. The van der Waals surface area contributed by atoms with Crippen LogP contribution >= 0.6 is 0 Å². The molecule has 43 heavy (non-hydrogen) atoms. The summed E-state index contributed by atoms with van der Waals surface area (Å²) in [4.78, 5) is 37.7. The van der Waals surface area contributed by atoms with E-state index in [0.717, 1.165) is 24.3 Å². The summed E-state index contributed by atoms with van der Waals surface area (Å²) in [7, 11) is 0. The molecule has 0 saturated carbocycles. The molecular formula is C30H22F6N4O3. The van der Waals surface area contributed by atoms with Crippen molar-refractivity contribution in [3.63, 3.8) is 0 Å². The molecule has 0 fully saturated rings. The molecule has 0 saturated heterocycles. The molecule has 4 rings (SSSR count). The lowest BCUT2D eigenvalue weighted by Crippen LogP contribution is -2.22. The third kappa shape index (κ3) is 8.58. The van der Waals surface area contributed by atoms with E-state index < -0.39 is 41.2 Å². The molecule has 0 bridgehead atoms. The number of nitrogens with one attached hydrogen (secondary N) is 4. The first-order chi connectivity index (χ1) is 20.3. The topological polar surface area (TPSA) is 99.3 Å². The molecule has 0 spiro atoms. The third-order valence-corrected chi connectivity index (χ3v) is 5.88. The Bertz CT molecular complexity index is 1650. The first-order valence-corrected chi connectivity index (χ1v) is 12.5. The number of halogens is 6. The van der Waals surface area contributed by atoms with E-state index >= 15 is 0 Å². The van der Waals surface area contributed by atoms with Gasteiger partial charge in [0.1, 0.15) is 0 Å². The van der Waals surface area contributed by atoms with Crippen molar-refractivity contribution in [2.45, 2.75) is 12.4 Å². The lowest BCUT2D eigenvalue weighted by Gasteiger charge is -2.12. The quantitative estimate of drug-likeness (QED) is 0.160. The molecule has 13 heteroatoms. The van der Waals surface area contributed by atoms with Crippen LogP contribution in [0.1, 0.15) is 31.8 Å². The predicted molar refractivity (Wildman–Crippen MR) is 149 cm³/mol. The SMILES string of the molecule is O=C(CNc1cccc(C(=O)Nc2cccc(C(F)(F)F)c2)c1)Nc1cccc(C(=O)Nc2cccc(C(F)(F)F)c2)c1. The lowest BCUT2D eigenvalue weighted by molar-refractivity contribution is -0.138. The standard InChI is InChI=1S/C30H22F6N4O3/c31-29(32,33)20-7-3-11-24(15-20)39-27(42)18-5-1-9-22(13-18)37-17-26(41)38-23-10-2-6-19(14-23)28(43)40-25-12-4-8-21(16-25)30(34,35)36/h1-16,37H,17H2,(H,38,41)(H,39,42)(H,40,43). The molecule has 7 nitrogen and oxygen atoms in total. The molecule has 0 aliphatic rings. The van der Waals surface area contributed by atoms with Crippen molar-refractivity contribution in [3.8, 4) is 0 Å². The van der Waals surface area contributed by atoms with Gasteiger partial charge in [0.15, 0.2) is 0 Å². The summed E-state index contributed by atoms with van der Waals surface area (Å²) in [5, 5.41) is 10.2. The second kappa shape index (κ2) is 12.7. The van der Waals surface area contributed by atoms with Crippen molar-refractivity contribution in [1.82, 2.24) is 0 Å². The van der Waals surface area contributed by atoms with Crippen LogP contribution in [0, 0.1) is 0 Å². The maximum atomic E-state index is 12.9. The minimum atomic E-state index is -4.57. The highest BCUT2D eigenvalue weighted by atomic mass is 19.4. The summed E-state index contributed by atoms with van der Waals surface area (Å²) < 4.78 is 77.7. The molecule has 0 aromatic heterocycles. The van der Waals surface area contributed by atoms with Gasteiger partial charge in [0.2, 0.25) is 5.91 Å². The second-order valence-electron chi connectivity index (χ2n) is 9.13. The van der Waals surface area contributed by atoms with Crippen LogP contribution in [-0.4, -0.2) is 24.3 Å². The van der Waals surface area contributed by atoms with Crippen LogP contribution in [0.3, 0.4) is 0 Å². The first kappa shape index (κ1) is 30.6. The molecule has 0 atom stereocenters. The Morgan fingerprint density at radius 2 is 0.907 bits per heavy atom. The zero-order valence-electron chi connectivity index (χ0n) is 21.9. The minimum Gasteiger partial charge on any atom is -0.376 e. The fraction of sp³-hybridized carbons (Fsp3) is 0.100. The molecule has 0 unspecified atom stereocenters. The number of carbonyl (C=O) groups is 3. The summed E-state index contributed by atoms with van der Waals surface area (Å²) in [5.74, 6) is -1.87. The van der Waals surface area contributed by atoms with Crippen molar-refractivity contribution in [1.29, 1.82) is 0 Å². The van der Waals surface area contributed by atoms with Gasteiger partial charge in [-0.15, -0.1) is 0 Å². The van der Waals surface area contributed by atoms with Crippen LogP contribution in [0.25, 0.3) is 0 Å². The van der Waals surface area contributed by atoms with Crippen molar-refractivity contribution in [2.24, 2.45) is 0 Å². The van der Waals surface area contributed by atoms with E-state index in [4.69, 9.17) is 0 Å². The first-order valence-electron chi connectivity index (χ1n) is 12.5. The Kier molecular flexibility index (Phi) is 9.03. The van der Waals surface area contributed by atoms with E-state index in [1.807, 2.05) is 0 Å². The summed E-state index contributed by atoms with van der Waals surface area (Å²) in [5.41, 5.74) is -1.08. The van der Waals surface area contributed by atoms with Crippen molar-refractivity contribution in [3.05, 3.63) is 119 Å². The Hall–Kier alpha value is -5.33. The average molecular weight is 601 g/mol. The number of benzene rings is 4. The van der Waals surface area contributed by atoms with Gasteiger partial charge in [-0.2, -0.15) is 26.3 Å². The summed E-state index contributed by atoms with van der Waals surface area (Å²) in [6, 6.07) is 20.1. The molecule has 4 aromatic carbocycles. The maximum Gasteiger partial charge on any atom is 0.416 e. The van der Waals surface area contributed by atoms with Crippen LogP contribution < -0.4 is 21.3 Å². The van der Waals surface area contributed by atoms with Crippen molar-refractivity contribution in [2.75, 3.05) is 27.8 Å². The molecule has 0 aliphatic heterocycles. The van der Waals surface area contributed by atoms with Crippen molar-refractivity contribution < 1.29 is 40.7 Å². The van der Waals surface area contributed by atoms with E-state index in [1.165, 1.54) is 66.7 Å². The number of carbonyl (C=O) groups excluding carboxylic acids is 3. The van der Waals surface area contributed by atoms with Gasteiger partial charge < -0.3 is 21.3 Å². The Labute approximate surface area is 240 Å². The number of rotatable bonds is 8. The van der Waals surface area contributed by atoms with E-state index in [1.54, 1.807) is 6.07 Å². The molecule has 4 aromatic rings. The average Bonchev–Trinajstić information content (AvgIpc) is 2.96. The zero-order valence-corrected chi connectivity index (χ0v) is 21.9. The molecule has 0 aliphatic carbocycles. The molecule has 3 amide bonds. The van der Waals surface area contributed by atoms with E-state index in [0.29, 0.717) is 5.69 Å². The Balaban J connectivity index is 1.33. The van der Waals surface area contributed by atoms with E-state index in [-0.39, 0.29) is 34.7 Å². The molecule has 0 radical (unpaired) electrons. The smallest absolute Gasteiger partial charge is 0.376 e. The lowest BCUT2D eigenvalue weighted by atomic mass is 10.1. The van der Waals surface area contributed by atoms with Crippen LogP contribution in [0.4, 0.5) is 49.1 Å². The fourth-order valence-corrected chi connectivity index (χ4v) is 3.85. The van der Waals surface area contributed by atoms with E-state index in [9.17, 15) is 40.7 Å². The van der Waals surface area contributed by atoms with Crippen molar-refractivity contribution >= 4 is 40.5 Å². The van der Waals surface area contributed by atoms with Gasteiger partial charge in [0.25, 0.3) is 11.8 Å². The highest BCUT2D eigenvalue weighted by molar-refractivity contribution is 6.06. The monoisotopic (exact) mass is 600 g/mol. The number of amides is 3. The van der Waals surface area contributed by atoms with Gasteiger partial charge in [0.05, 0.1) is 17.7 Å². The maximum absolute atomic E-state index is 12.9. The molecule has 0 heterocycles. The highest BCUT2D eigenvalue weighted by Gasteiger charge is 2.31.